The molecule has 3 rings (SSSR count). The lowest BCUT2D eigenvalue weighted by Crippen LogP contribution is -2.31. The average molecular weight is 272 g/mol. The van der Waals surface area contributed by atoms with E-state index in [1.165, 1.54) is 12.8 Å². The third kappa shape index (κ3) is 1.54. The Balaban J connectivity index is 2.12. The minimum absolute atomic E-state index is 0.208. The SMILES string of the molecule is Cc1cc(C=O)c(O)c([C@H]2C[C@H]3CC[C@]2(C)C3(C)C)c1. The van der Waals surface area contributed by atoms with Gasteiger partial charge in [-0.2, -0.15) is 0 Å². The van der Waals surface area contributed by atoms with Crippen molar-refractivity contribution in [3.8, 4) is 5.75 Å². The number of rotatable bonds is 2. The lowest BCUT2D eigenvalue weighted by molar-refractivity contribution is 0.111. The van der Waals surface area contributed by atoms with Crippen molar-refractivity contribution in [2.75, 3.05) is 0 Å². The van der Waals surface area contributed by atoms with Crippen LogP contribution in [0.15, 0.2) is 12.1 Å². The highest BCUT2D eigenvalue weighted by Crippen LogP contribution is 2.71. The number of aryl methyl sites for hydroxylation is 1. The minimum atomic E-state index is 0.208. The third-order valence-corrected chi connectivity index (χ3v) is 6.61. The second-order valence-corrected chi connectivity index (χ2v) is 7.57. The normalized spacial score (nSPS) is 34.4. The second-order valence-electron chi connectivity index (χ2n) is 7.57. The number of benzene rings is 1. The largest absolute Gasteiger partial charge is 0.507 e. The highest BCUT2D eigenvalue weighted by Gasteiger charge is 2.61. The molecule has 0 amide bonds. The van der Waals surface area contributed by atoms with Crippen LogP contribution in [0, 0.1) is 23.7 Å². The Hall–Kier alpha value is -1.31. The number of aldehydes is 1. The number of hydrogen-bond donors (Lipinski definition) is 1. The molecule has 20 heavy (non-hydrogen) atoms. The van der Waals surface area contributed by atoms with Crippen LogP contribution in [0.2, 0.25) is 0 Å². The van der Waals surface area contributed by atoms with Gasteiger partial charge in [0.05, 0.1) is 5.56 Å². The Kier molecular flexibility index (Phi) is 2.80. The van der Waals surface area contributed by atoms with E-state index >= 15 is 0 Å². The van der Waals surface area contributed by atoms with Crippen molar-refractivity contribution in [1.82, 2.24) is 0 Å². The molecular weight excluding hydrogens is 248 g/mol. The first-order valence-corrected chi connectivity index (χ1v) is 7.60. The molecule has 2 saturated carbocycles. The Morgan fingerprint density at radius 1 is 1.30 bits per heavy atom. The predicted octanol–water partition coefficient (Wildman–Crippen LogP) is 4.44. The quantitative estimate of drug-likeness (QED) is 0.808. The number of aromatic hydroxyl groups is 1. The standard InChI is InChI=1S/C18H24O2/c1-11-7-12(10-19)16(20)14(8-11)15-9-13-5-6-18(15,4)17(13,2)3/h7-8,10,13,15,20H,5-6,9H2,1-4H3/t13-,15-,18+/m1/s1. The van der Waals surface area contributed by atoms with E-state index in [4.69, 9.17) is 0 Å². The van der Waals surface area contributed by atoms with Gasteiger partial charge in [-0.15, -0.1) is 0 Å². The van der Waals surface area contributed by atoms with Crippen LogP contribution in [0.1, 0.15) is 67.4 Å². The molecule has 3 atom stereocenters. The molecule has 2 heteroatoms. The molecule has 0 saturated heterocycles. The van der Waals surface area contributed by atoms with E-state index in [-0.39, 0.29) is 11.2 Å². The summed E-state index contributed by atoms with van der Waals surface area (Å²) in [6.45, 7) is 9.11. The smallest absolute Gasteiger partial charge is 0.153 e. The van der Waals surface area contributed by atoms with Gasteiger partial charge in [-0.3, -0.25) is 4.79 Å². The van der Waals surface area contributed by atoms with Gasteiger partial charge in [-0.05, 0) is 66.0 Å². The summed E-state index contributed by atoms with van der Waals surface area (Å²) >= 11 is 0. The number of phenols is 1. The maximum Gasteiger partial charge on any atom is 0.153 e. The summed E-state index contributed by atoms with van der Waals surface area (Å²) in [5, 5.41) is 10.5. The van der Waals surface area contributed by atoms with Gasteiger partial charge in [-0.25, -0.2) is 0 Å². The van der Waals surface area contributed by atoms with E-state index < -0.39 is 0 Å². The highest BCUT2D eigenvalue weighted by atomic mass is 16.3. The summed E-state index contributed by atoms with van der Waals surface area (Å²) in [7, 11) is 0. The zero-order chi connectivity index (χ0) is 14.7. The Bertz CT molecular complexity index is 573. The molecule has 2 aliphatic carbocycles. The molecule has 1 aromatic rings. The third-order valence-electron chi connectivity index (χ3n) is 6.61. The molecular formula is C18H24O2. The van der Waals surface area contributed by atoms with Crippen LogP contribution in [0.25, 0.3) is 0 Å². The number of carbonyl (C=O) groups excluding carboxylic acids is 1. The summed E-state index contributed by atoms with van der Waals surface area (Å²) in [5.74, 6) is 1.31. The molecule has 1 aromatic carbocycles. The molecule has 0 spiro atoms. The topological polar surface area (TPSA) is 37.3 Å². The molecule has 2 aliphatic rings. The van der Waals surface area contributed by atoms with Gasteiger partial charge in [0, 0.05) is 0 Å². The van der Waals surface area contributed by atoms with Gasteiger partial charge in [0.2, 0.25) is 0 Å². The average Bonchev–Trinajstić information content (AvgIpc) is 2.73. The van der Waals surface area contributed by atoms with E-state index in [0.717, 1.165) is 29.8 Å². The van der Waals surface area contributed by atoms with E-state index in [2.05, 4.69) is 26.8 Å². The van der Waals surface area contributed by atoms with Crippen LogP contribution in [0.4, 0.5) is 0 Å². The highest BCUT2D eigenvalue weighted by molar-refractivity contribution is 5.80. The van der Waals surface area contributed by atoms with E-state index in [1.807, 2.05) is 6.92 Å². The molecule has 2 fully saturated rings. The van der Waals surface area contributed by atoms with Crippen molar-refractivity contribution in [1.29, 1.82) is 0 Å². The van der Waals surface area contributed by atoms with Crippen molar-refractivity contribution in [3.63, 3.8) is 0 Å². The molecule has 108 valence electrons. The Morgan fingerprint density at radius 2 is 2.00 bits per heavy atom. The Labute approximate surface area is 121 Å². The van der Waals surface area contributed by atoms with Gasteiger partial charge < -0.3 is 5.11 Å². The molecule has 0 unspecified atom stereocenters. The fourth-order valence-corrected chi connectivity index (χ4v) is 4.87. The van der Waals surface area contributed by atoms with Crippen LogP contribution in [0.3, 0.4) is 0 Å². The van der Waals surface area contributed by atoms with Crippen LogP contribution in [-0.2, 0) is 0 Å². The molecule has 0 radical (unpaired) electrons. The molecule has 0 heterocycles. The van der Waals surface area contributed by atoms with E-state index in [9.17, 15) is 9.90 Å². The first-order chi connectivity index (χ1) is 9.31. The minimum Gasteiger partial charge on any atom is -0.507 e. The van der Waals surface area contributed by atoms with Crippen molar-refractivity contribution in [3.05, 3.63) is 28.8 Å². The summed E-state index contributed by atoms with van der Waals surface area (Å²) in [5.41, 5.74) is 3.02. The summed E-state index contributed by atoms with van der Waals surface area (Å²) in [6.07, 6.45) is 4.43. The molecule has 2 nitrogen and oxygen atoms in total. The summed E-state index contributed by atoms with van der Waals surface area (Å²) in [6, 6.07) is 3.85. The maximum atomic E-state index is 11.2. The number of phenolic OH excluding ortho intramolecular Hbond substituents is 1. The van der Waals surface area contributed by atoms with Gasteiger partial charge in [-0.1, -0.05) is 26.8 Å². The van der Waals surface area contributed by atoms with Crippen LogP contribution in [0.5, 0.6) is 5.75 Å². The van der Waals surface area contributed by atoms with Crippen molar-refractivity contribution < 1.29 is 9.90 Å². The summed E-state index contributed by atoms with van der Waals surface area (Å²) < 4.78 is 0. The van der Waals surface area contributed by atoms with Crippen LogP contribution < -0.4 is 0 Å². The second kappa shape index (κ2) is 4.09. The Morgan fingerprint density at radius 3 is 2.50 bits per heavy atom. The van der Waals surface area contributed by atoms with Gasteiger partial charge in [0.15, 0.2) is 6.29 Å². The van der Waals surface area contributed by atoms with Crippen molar-refractivity contribution in [2.45, 2.75) is 52.9 Å². The zero-order valence-electron chi connectivity index (χ0n) is 12.9. The van der Waals surface area contributed by atoms with Crippen molar-refractivity contribution >= 4 is 6.29 Å². The number of carbonyl (C=O) groups is 1. The van der Waals surface area contributed by atoms with E-state index in [1.54, 1.807) is 6.07 Å². The van der Waals surface area contributed by atoms with Gasteiger partial charge in [0.25, 0.3) is 0 Å². The number of fused-ring (bicyclic) bond motifs is 2. The predicted molar refractivity (Wildman–Crippen MR) is 80.2 cm³/mol. The first-order valence-electron chi connectivity index (χ1n) is 7.60. The molecule has 0 aliphatic heterocycles. The van der Waals surface area contributed by atoms with E-state index in [0.29, 0.717) is 16.9 Å². The van der Waals surface area contributed by atoms with Gasteiger partial charge in [0.1, 0.15) is 5.75 Å². The van der Waals surface area contributed by atoms with Gasteiger partial charge >= 0.3 is 0 Å². The molecule has 1 N–H and O–H groups in total. The summed E-state index contributed by atoms with van der Waals surface area (Å²) in [4.78, 5) is 11.2. The lowest BCUT2D eigenvalue weighted by atomic mass is 9.64. The first kappa shape index (κ1) is 13.7. The zero-order valence-corrected chi connectivity index (χ0v) is 12.9. The van der Waals surface area contributed by atoms with Crippen LogP contribution >= 0.6 is 0 Å². The fraction of sp³-hybridized carbons (Fsp3) is 0.611. The monoisotopic (exact) mass is 272 g/mol. The number of hydrogen-bond acceptors (Lipinski definition) is 2. The van der Waals surface area contributed by atoms with Crippen LogP contribution in [-0.4, -0.2) is 11.4 Å². The molecule has 0 aromatic heterocycles. The fourth-order valence-electron chi connectivity index (χ4n) is 4.87. The molecule has 2 bridgehead atoms. The maximum absolute atomic E-state index is 11.2. The van der Waals surface area contributed by atoms with Crippen molar-refractivity contribution in [2.24, 2.45) is 16.7 Å². The lowest BCUT2D eigenvalue weighted by Gasteiger charge is -2.40.